The van der Waals surface area contributed by atoms with Crippen LogP contribution in [0.2, 0.25) is 0 Å². The molecule has 8 nitrogen and oxygen atoms in total. The first-order valence-corrected chi connectivity index (χ1v) is 22.5. The highest BCUT2D eigenvalue weighted by Crippen LogP contribution is 2.47. The molecule has 3 aromatic heterocycles. The van der Waals surface area contributed by atoms with Crippen LogP contribution >= 0.6 is 0 Å². The number of para-hydroxylation sites is 4. The minimum Gasteiger partial charge on any atom is -0.292 e. The van der Waals surface area contributed by atoms with Crippen LogP contribution in [0.5, 0.6) is 0 Å². The SMILES string of the molecule is c1ccc(-c2ccccc2N(c2cnc3c4nccnc4c4nc(N(c5ccccc5-c5ccccc5)c5ccccc5-c5ccccc5)cnc4c3n2)c2ccccc2-c2ccccc2)cc1. The molecule has 9 aromatic carbocycles. The topological polar surface area (TPSA) is 83.8 Å². The van der Waals surface area contributed by atoms with E-state index in [0.29, 0.717) is 44.7 Å². The number of benzene rings is 9. The molecule has 0 saturated carbocycles. The van der Waals surface area contributed by atoms with E-state index in [2.05, 4.69) is 204 Å². The molecule has 3 heterocycles. The van der Waals surface area contributed by atoms with Crippen molar-refractivity contribution in [2.75, 3.05) is 9.80 Å². The van der Waals surface area contributed by atoms with E-state index in [0.717, 1.165) is 67.3 Å². The molecule has 0 aliphatic heterocycles. The molecule has 0 aliphatic carbocycles. The number of rotatable bonds is 10. The van der Waals surface area contributed by atoms with Crippen molar-refractivity contribution in [1.82, 2.24) is 29.9 Å². The number of hydrogen-bond donors (Lipinski definition) is 0. The van der Waals surface area contributed by atoms with Crippen molar-refractivity contribution in [3.63, 3.8) is 0 Å². The van der Waals surface area contributed by atoms with Gasteiger partial charge in [-0.15, -0.1) is 0 Å². The van der Waals surface area contributed by atoms with Crippen LogP contribution in [0.25, 0.3) is 77.6 Å². The molecule has 0 unspecified atom stereocenters. The normalized spacial score (nSPS) is 11.2. The molecule has 0 fully saturated rings. The monoisotopic (exact) mass is 872 g/mol. The second-order valence-corrected chi connectivity index (χ2v) is 16.3. The molecule has 0 saturated heterocycles. The summed E-state index contributed by atoms with van der Waals surface area (Å²) >= 11 is 0. The lowest BCUT2D eigenvalue weighted by atomic mass is 9.99. The summed E-state index contributed by atoms with van der Waals surface area (Å²) in [6.45, 7) is 0. The van der Waals surface area contributed by atoms with Gasteiger partial charge in [0.25, 0.3) is 0 Å². The van der Waals surface area contributed by atoms with Gasteiger partial charge in [0.15, 0.2) is 11.6 Å². The summed E-state index contributed by atoms with van der Waals surface area (Å²) in [6.07, 6.45) is 7.06. The number of nitrogens with zero attached hydrogens (tertiary/aromatic N) is 8. The van der Waals surface area contributed by atoms with Crippen LogP contribution in [0.15, 0.2) is 243 Å². The lowest BCUT2D eigenvalue weighted by Crippen LogP contribution is -2.15. The molecule has 320 valence electrons. The average Bonchev–Trinajstić information content (AvgIpc) is 3.42. The number of hydrogen-bond acceptors (Lipinski definition) is 8. The van der Waals surface area contributed by atoms with Gasteiger partial charge in [0, 0.05) is 34.6 Å². The first kappa shape index (κ1) is 40.1. The molecule has 0 N–H and O–H groups in total. The Morgan fingerprint density at radius 1 is 0.235 bits per heavy atom. The summed E-state index contributed by atoms with van der Waals surface area (Å²) in [6, 6.07) is 75.5. The van der Waals surface area contributed by atoms with Gasteiger partial charge in [-0.05, 0) is 46.5 Å². The predicted octanol–water partition coefficient (Wildman–Crippen LogP) is 15.1. The molecule has 12 rings (SSSR count). The molecular weight excluding hydrogens is 833 g/mol. The molecule has 0 bridgehead atoms. The smallest absolute Gasteiger partial charge is 0.157 e. The summed E-state index contributed by atoms with van der Waals surface area (Å²) in [5.41, 5.74) is 15.7. The van der Waals surface area contributed by atoms with E-state index in [4.69, 9.17) is 29.9 Å². The summed E-state index contributed by atoms with van der Waals surface area (Å²) in [7, 11) is 0. The highest BCUT2D eigenvalue weighted by Gasteiger charge is 2.26. The van der Waals surface area contributed by atoms with Gasteiger partial charge in [-0.3, -0.25) is 19.8 Å². The van der Waals surface area contributed by atoms with Crippen LogP contribution in [0.3, 0.4) is 0 Å². The molecule has 12 aromatic rings. The van der Waals surface area contributed by atoms with E-state index in [9.17, 15) is 0 Å². The Morgan fingerprint density at radius 3 is 0.809 bits per heavy atom. The quantitative estimate of drug-likeness (QED) is 0.126. The number of fused-ring (bicyclic) bond motifs is 6. The van der Waals surface area contributed by atoms with Crippen LogP contribution in [0.1, 0.15) is 0 Å². The zero-order valence-corrected chi connectivity index (χ0v) is 36.7. The first-order chi connectivity index (χ1) is 33.8. The van der Waals surface area contributed by atoms with Gasteiger partial charge in [0.05, 0.1) is 35.1 Å². The van der Waals surface area contributed by atoms with E-state index in [1.54, 1.807) is 12.4 Å². The van der Waals surface area contributed by atoms with Gasteiger partial charge in [-0.25, -0.2) is 19.9 Å². The molecular formula is C60H40N8. The van der Waals surface area contributed by atoms with Crippen molar-refractivity contribution < 1.29 is 0 Å². The Bertz CT molecular complexity index is 3380. The van der Waals surface area contributed by atoms with Crippen molar-refractivity contribution in [1.29, 1.82) is 0 Å². The Kier molecular flexibility index (Phi) is 10.3. The van der Waals surface area contributed by atoms with E-state index >= 15 is 0 Å². The Morgan fingerprint density at radius 2 is 0.485 bits per heavy atom. The van der Waals surface area contributed by atoms with E-state index in [1.807, 2.05) is 36.7 Å². The van der Waals surface area contributed by atoms with E-state index in [-0.39, 0.29) is 0 Å². The second kappa shape index (κ2) is 17.5. The standard InChI is InChI=1S/C60H40N8/c1-5-21-41(22-6-1)45-29-13-17-33-49(45)67(50-34-18-14-30-46(50)42-23-7-2-8-24-42)53-39-63-57-55-56(62-38-37-61-55)59-58(60(57)66-53)64-40-54(65-59)68(51-35-19-15-31-47(51)43-25-9-3-10-26-43)52-36-20-16-32-48(52)44-27-11-4-12-28-44/h1-40H. The van der Waals surface area contributed by atoms with Crippen molar-refractivity contribution in [3.8, 4) is 44.5 Å². The molecule has 0 spiro atoms. The van der Waals surface area contributed by atoms with Crippen molar-refractivity contribution in [2.24, 2.45) is 0 Å². The van der Waals surface area contributed by atoms with Crippen LogP contribution in [0.4, 0.5) is 34.4 Å². The van der Waals surface area contributed by atoms with Gasteiger partial charge in [-0.2, -0.15) is 0 Å². The third-order valence-corrected chi connectivity index (χ3v) is 12.3. The van der Waals surface area contributed by atoms with Crippen LogP contribution < -0.4 is 9.80 Å². The number of aromatic nitrogens is 6. The number of anilines is 6. The second-order valence-electron chi connectivity index (χ2n) is 16.3. The maximum atomic E-state index is 5.55. The largest absolute Gasteiger partial charge is 0.292 e. The fourth-order valence-corrected chi connectivity index (χ4v) is 9.21. The zero-order valence-electron chi connectivity index (χ0n) is 36.7. The van der Waals surface area contributed by atoms with E-state index < -0.39 is 0 Å². The summed E-state index contributed by atoms with van der Waals surface area (Å²) in [4.78, 5) is 35.8. The Labute approximate surface area is 393 Å². The van der Waals surface area contributed by atoms with Crippen LogP contribution in [0, 0.1) is 0 Å². The van der Waals surface area contributed by atoms with Gasteiger partial charge in [0.1, 0.15) is 33.1 Å². The molecule has 0 amide bonds. The minimum absolute atomic E-state index is 0.560. The van der Waals surface area contributed by atoms with Crippen LogP contribution in [-0.4, -0.2) is 29.9 Å². The Hall–Kier alpha value is -9.40. The van der Waals surface area contributed by atoms with Crippen LogP contribution in [-0.2, 0) is 0 Å². The maximum Gasteiger partial charge on any atom is 0.157 e. The van der Waals surface area contributed by atoms with Gasteiger partial charge < -0.3 is 0 Å². The zero-order chi connectivity index (χ0) is 45.2. The van der Waals surface area contributed by atoms with Crippen molar-refractivity contribution in [2.45, 2.75) is 0 Å². The third-order valence-electron chi connectivity index (χ3n) is 12.3. The van der Waals surface area contributed by atoms with Crippen molar-refractivity contribution in [3.05, 3.63) is 243 Å². The Balaban J connectivity index is 1.12. The average molecular weight is 873 g/mol. The fourth-order valence-electron chi connectivity index (χ4n) is 9.21. The van der Waals surface area contributed by atoms with Gasteiger partial charge in [-0.1, -0.05) is 194 Å². The fraction of sp³-hybridized carbons (Fsp3) is 0. The highest BCUT2D eigenvalue weighted by molar-refractivity contribution is 6.18. The molecule has 0 aliphatic rings. The van der Waals surface area contributed by atoms with E-state index in [1.165, 1.54) is 0 Å². The summed E-state index contributed by atoms with van der Waals surface area (Å²) in [5, 5.41) is 0. The minimum atomic E-state index is 0.560. The lowest BCUT2D eigenvalue weighted by Gasteiger charge is -2.29. The predicted molar refractivity (Wildman–Crippen MR) is 277 cm³/mol. The maximum absolute atomic E-state index is 5.55. The third kappa shape index (κ3) is 7.23. The van der Waals surface area contributed by atoms with Crippen molar-refractivity contribution >= 4 is 67.5 Å². The molecule has 0 radical (unpaired) electrons. The summed E-state index contributed by atoms with van der Waals surface area (Å²) in [5.74, 6) is 1.21. The highest BCUT2D eigenvalue weighted by atomic mass is 15.2. The summed E-state index contributed by atoms with van der Waals surface area (Å²) < 4.78 is 0. The lowest BCUT2D eigenvalue weighted by molar-refractivity contribution is 1.15. The molecule has 0 atom stereocenters. The van der Waals surface area contributed by atoms with Gasteiger partial charge >= 0.3 is 0 Å². The first-order valence-electron chi connectivity index (χ1n) is 22.5. The molecule has 68 heavy (non-hydrogen) atoms. The molecule has 8 heteroatoms. The van der Waals surface area contributed by atoms with Gasteiger partial charge in [0.2, 0.25) is 0 Å².